The van der Waals surface area contributed by atoms with Crippen LogP contribution in [0.25, 0.3) is 0 Å². The van der Waals surface area contributed by atoms with Crippen LogP contribution in [0.5, 0.6) is 0 Å². The predicted octanol–water partition coefficient (Wildman–Crippen LogP) is 4.37. The van der Waals surface area contributed by atoms with Gasteiger partial charge in [0.05, 0.1) is 6.20 Å². The maximum Gasteiger partial charge on any atom is 0.249 e. The van der Waals surface area contributed by atoms with Crippen molar-refractivity contribution in [1.82, 2.24) is 15.2 Å². The predicted molar refractivity (Wildman–Crippen MR) is 97.9 cm³/mol. The first kappa shape index (κ1) is 17.1. The number of anilines is 3. The fourth-order valence-electron chi connectivity index (χ4n) is 2.32. The van der Waals surface area contributed by atoms with E-state index in [0.29, 0.717) is 35.3 Å². The highest BCUT2D eigenvalue weighted by molar-refractivity contribution is 6.30. The Morgan fingerprint density at radius 3 is 2.84 bits per heavy atom. The Hall–Kier alpha value is -2.73. The Labute approximate surface area is 150 Å². The number of nitrogens with one attached hydrogen (secondary N) is 2. The zero-order chi connectivity index (χ0) is 17.6. The number of halogens is 2. The molecular formula is C18H17ClFN5. The summed E-state index contributed by atoms with van der Waals surface area (Å²) in [6.07, 6.45) is 2.07. The number of benzene rings is 2. The quantitative estimate of drug-likeness (QED) is 0.685. The average Bonchev–Trinajstić information content (AvgIpc) is 2.60. The van der Waals surface area contributed by atoms with Crippen molar-refractivity contribution >= 4 is 29.1 Å². The van der Waals surface area contributed by atoms with Crippen LogP contribution >= 0.6 is 11.6 Å². The summed E-state index contributed by atoms with van der Waals surface area (Å²) in [4.78, 5) is 4.36. The minimum Gasteiger partial charge on any atom is -0.368 e. The SMILES string of the molecule is Cc1ccc(Cl)cc1Nc1nncc(NCCc2ccccc2F)n1. The van der Waals surface area contributed by atoms with Crippen molar-refractivity contribution in [3.63, 3.8) is 0 Å². The van der Waals surface area contributed by atoms with E-state index < -0.39 is 0 Å². The Morgan fingerprint density at radius 2 is 2.00 bits per heavy atom. The zero-order valence-corrected chi connectivity index (χ0v) is 14.4. The van der Waals surface area contributed by atoms with Gasteiger partial charge in [-0.15, -0.1) is 5.10 Å². The van der Waals surface area contributed by atoms with Crippen LogP contribution in [0.4, 0.5) is 21.8 Å². The van der Waals surface area contributed by atoms with Crippen molar-refractivity contribution in [2.24, 2.45) is 0 Å². The van der Waals surface area contributed by atoms with Gasteiger partial charge in [0.15, 0.2) is 5.82 Å². The standard InChI is InChI=1S/C18H17ClFN5/c1-12-6-7-14(19)10-16(12)23-18-24-17(11-22-25-18)21-9-8-13-4-2-3-5-15(13)20/h2-7,10-11H,8-9H2,1H3,(H2,21,23,24,25). The third-order valence-electron chi connectivity index (χ3n) is 3.66. The van der Waals surface area contributed by atoms with E-state index >= 15 is 0 Å². The maximum absolute atomic E-state index is 13.6. The molecule has 25 heavy (non-hydrogen) atoms. The Balaban J connectivity index is 1.63. The van der Waals surface area contributed by atoms with Crippen LogP contribution in [0.3, 0.4) is 0 Å². The van der Waals surface area contributed by atoms with E-state index in [1.165, 1.54) is 12.3 Å². The Morgan fingerprint density at radius 1 is 1.16 bits per heavy atom. The zero-order valence-electron chi connectivity index (χ0n) is 13.6. The van der Waals surface area contributed by atoms with Crippen molar-refractivity contribution in [3.8, 4) is 0 Å². The van der Waals surface area contributed by atoms with Crippen molar-refractivity contribution in [2.75, 3.05) is 17.2 Å². The third kappa shape index (κ3) is 4.64. The second-order valence-electron chi connectivity index (χ2n) is 5.52. The van der Waals surface area contributed by atoms with Gasteiger partial charge in [-0.2, -0.15) is 10.1 Å². The highest BCUT2D eigenvalue weighted by Crippen LogP contribution is 2.22. The molecule has 0 spiro atoms. The van der Waals surface area contributed by atoms with Gasteiger partial charge in [-0.1, -0.05) is 35.9 Å². The first-order chi connectivity index (χ1) is 12.1. The van der Waals surface area contributed by atoms with Crippen LogP contribution in [0.1, 0.15) is 11.1 Å². The fourth-order valence-corrected chi connectivity index (χ4v) is 2.49. The van der Waals surface area contributed by atoms with Crippen molar-refractivity contribution in [1.29, 1.82) is 0 Å². The summed E-state index contributed by atoms with van der Waals surface area (Å²) < 4.78 is 13.6. The molecule has 0 radical (unpaired) electrons. The van der Waals surface area contributed by atoms with Gasteiger partial charge in [0, 0.05) is 17.3 Å². The molecule has 0 bridgehead atoms. The van der Waals surface area contributed by atoms with Crippen molar-refractivity contribution in [2.45, 2.75) is 13.3 Å². The van der Waals surface area contributed by atoms with E-state index in [9.17, 15) is 4.39 Å². The summed E-state index contributed by atoms with van der Waals surface area (Å²) in [5, 5.41) is 14.8. The normalized spacial score (nSPS) is 10.5. The molecule has 0 unspecified atom stereocenters. The average molecular weight is 358 g/mol. The molecule has 0 saturated carbocycles. The van der Waals surface area contributed by atoms with Gasteiger partial charge in [-0.25, -0.2) is 4.39 Å². The van der Waals surface area contributed by atoms with E-state index in [2.05, 4.69) is 25.8 Å². The third-order valence-corrected chi connectivity index (χ3v) is 3.90. The molecule has 0 fully saturated rings. The van der Waals surface area contributed by atoms with Crippen molar-refractivity contribution in [3.05, 3.63) is 70.6 Å². The summed E-state index contributed by atoms with van der Waals surface area (Å²) in [7, 11) is 0. The van der Waals surface area contributed by atoms with Crippen LogP contribution in [-0.2, 0) is 6.42 Å². The van der Waals surface area contributed by atoms with Gasteiger partial charge in [-0.05, 0) is 42.7 Å². The second kappa shape index (κ2) is 7.90. The van der Waals surface area contributed by atoms with Crippen LogP contribution < -0.4 is 10.6 Å². The lowest BCUT2D eigenvalue weighted by atomic mass is 10.1. The summed E-state index contributed by atoms with van der Waals surface area (Å²) in [6, 6.07) is 12.3. The fraction of sp³-hybridized carbons (Fsp3) is 0.167. The van der Waals surface area contributed by atoms with Gasteiger partial charge in [0.1, 0.15) is 5.82 Å². The lowest BCUT2D eigenvalue weighted by molar-refractivity contribution is 0.610. The van der Waals surface area contributed by atoms with Gasteiger partial charge in [0.2, 0.25) is 5.95 Å². The largest absolute Gasteiger partial charge is 0.368 e. The molecule has 5 nitrogen and oxygen atoms in total. The Bertz CT molecular complexity index is 872. The lowest BCUT2D eigenvalue weighted by Crippen LogP contribution is -2.09. The highest BCUT2D eigenvalue weighted by Gasteiger charge is 2.05. The number of nitrogens with zero attached hydrogens (tertiary/aromatic N) is 3. The molecule has 3 aromatic rings. The number of aromatic nitrogens is 3. The monoisotopic (exact) mass is 357 g/mol. The van der Waals surface area contributed by atoms with Gasteiger partial charge >= 0.3 is 0 Å². The first-order valence-corrected chi connectivity index (χ1v) is 8.20. The van der Waals surface area contributed by atoms with Gasteiger partial charge in [0.25, 0.3) is 0 Å². The smallest absolute Gasteiger partial charge is 0.249 e. The van der Waals surface area contributed by atoms with Gasteiger partial charge in [-0.3, -0.25) is 0 Å². The molecule has 128 valence electrons. The minimum atomic E-state index is -0.205. The highest BCUT2D eigenvalue weighted by atomic mass is 35.5. The summed E-state index contributed by atoms with van der Waals surface area (Å²) in [6.45, 7) is 2.50. The summed E-state index contributed by atoms with van der Waals surface area (Å²) in [5.74, 6) is 0.721. The maximum atomic E-state index is 13.6. The molecule has 7 heteroatoms. The lowest BCUT2D eigenvalue weighted by Gasteiger charge is -2.10. The molecule has 0 atom stereocenters. The molecular weight excluding hydrogens is 341 g/mol. The number of hydrogen-bond acceptors (Lipinski definition) is 5. The molecule has 0 amide bonds. The molecule has 0 aliphatic rings. The number of aryl methyl sites for hydroxylation is 1. The minimum absolute atomic E-state index is 0.205. The van der Waals surface area contributed by atoms with Crippen LogP contribution in [0.15, 0.2) is 48.7 Å². The number of rotatable bonds is 6. The molecule has 2 N–H and O–H groups in total. The van der Waals surface area contributed by atoms with Gasteiger partial charge < -0.3 is 10.6 Å². The van der Waals surface area contributed by atoms with E-state index in [1.54, 1.807) is 18.2 Å². The molecule has 0 aliphatic heterocycles. The molecule has 3 rings (SSSR count). The topological polar surface area (TPSA) is 62.7 Å². The van der Waals surface area contributed by atoms with Crippen LogP contribution in [-0.4, -0.2) is 21.7 Å². The van der Waals surface area contributed by atoms with Crippen molar-refractivity contribution < 1.29 is 4.39 Å². The molecule has 0 aliphatic carbocycles. The van der Waals surface area contributed by atoms with E-state index in [0.717, 1.165) is 11.3 Å². The Kier molecular flexibility index (Phi) is 5.40. The first-order valence-electron chi connectivity index (χ1n) is 7.82. The van der Waals surface area contributed by atoms with Crippen LogP contribution in [0, 0.1) is 12.7 Å². The van der Waals surface area contributed by atoms with Crippen LogP contribution in [0.2, 0.25) is 5.02 Å². The molecule has 0 saturated heterocycles. The van der Waals surface area contributed by atoms with E-state index in [4.69, 9.17) is 11.6 Å². The molecule has 1 aromatic heterocycles. The second-order valence-corrected chi connectivity index (χ2v) is 5.95. The van der Waals surface area contributed by atoms with E-state index in [1.807, 2.05) is 25.1 Å². The summed E-state index contributed by atoms with van der Waals surface area (Å²) >= 11 is 6.01. The number of hydrogen-bond donors (Lipinski definition) is 2. The molecule has 2 aromatic carbocycles. The summed E-state index contributed by atoms with van der Waals surface area (Å²) in [5.41, 5.74) is 2.49. The molecule has 1 heterocycles. The van der Waals surface area contributed by atoms with E-state index in [-0.39, 0.29) is 5.82 Å².